The summed E-state index contributed by atoms with van der Waals surface area (Å²) in [6.07, 6.45) is 8.37. The number of nitrogens with zero attached hydrogens (tertiary/aromatic N) is 4. The van der Waals surface area contributed by atoms with Gasteiger partial charge in [-0.05, 0) is 87.1 Å². The molecule has 4 rings (SSSR count). The first-order valence-electron chi connectivity index (χ1n) is 16.1. The van der Waals surface area contributed by atoms with Crippen molar-refractivity contribution in [1.82, 2.24) is 19.8 Å². The van der Waals surface area contributed by atoms with Gasteiger partial charge < -0.3 is 40.6 Å². The number of carboxylic acid groups (broad SMARTS) is 2. The van der Waals surface area contributed by atoms with Gasteiger partial charge in [0.05, 0.1) is 23.1 Å². The van der Waals surface area contributed by atoms with Crippen LogP contribution < -0.4 is 10.2 Å². The maximum Gasteiger partial charge on any atom is 2.00 e. The second-order valence-corrected chi connectivity index (χ2v) is 10.1. The Kier molecular flexibility index (Phi) is 28.5. The van der Waals surface area contributed by atoms with Crippen molar-refractivity contribution in [3.8, 4) is 0 Å². The second-order valence-electron chi connectivity index (χ2n) is 10.1. The van der Waals surface area contributed by atoms with Crippen LogP contribution in [0.2, 0.25) is 0 Å². The first kappa shape index (κ1) is 50.4. The van der Waals surface area contributed by atoms with Gasteiger partial charge in [-0.25, -0.2) is 0 Å². The molecule has 1 radical (unpaired) electrons. The molecule has 6 N–H and O–H groups in total. The van der Waals surface area contributed by atoms with E-state index in [-0.39, 0.29) is 50.7 Å². The number of amides is 2. The number of rotatable bonds is 10. The summed E-state index contributed by atoms with van der Waals surface area (Å²) in [6, 6.07) is 20.6. The van der Waals surface area contributed by atoms with E-state index in [1.165, 1.54) is 0 Å². The number of aromatic nitrogens is 2. The summed E-state index contributed by atoms with van der Waals surface area (Å²) in [6.45, 7) is 14.9. The summed E-state index contributed by atoms with van der Waals surface area (Å²) in [5.41, 5.74) is 4.06. The third kappa shape index (κ3) is 18.6. The van der Waals surface area contributed by atoms with E-state index in [1.807, 2.05) is 41.5 Å². The van der Waals surface area contributed by atoms with Crippen LogP contribution in [-0.4, -0.2) is 69.7 Å². The number of hydrogen-bond acceptors (Lipinski definition) is 8. The summed E-state index contributed by atoms with van der Waals surface area (Å²) in [4.78, 5) is 55.3. The second kappa shape index (κ2) is 28.8. The molecule has 2 aromatic carbocycles. The Morgan fingerprint density at radius 2 is 0.804 bits per heavy atom. The molecule has 51 heavy (non-hydrogen) atoms. The fourth-order valence-electron chi connectivity index (χ4n) is 4.12. The minimum Gasteiger partial charge on any atom is -0.545 e. The standard InChI is InChI=1S/2C10H14N2O.2C9H10O2.Co.2H2O/c2*1-3-12(4-2)10(13)9-6-5-7-11-8-9;2*1-2-7-3-5-8(6-4-7)9(10)11;;;/h2*5-8H,3-4H2,1-2H3;2*3-6H,2H2,1H3,(H,10,11);;2*1H2/q;;;;+2;;. The Hall–Kier alpha value is -4.95. The van der Waals surface area contributed by atoms with Crippen LogP contribution in [0.1, 0.15) is 94.1 Å². The summed E-state index contributed by atoms with van der Waals surface area (Å²) in [5, 5.41) is 20.6. The zero-order chi connectivity index (χ0) is 35.9. The Morgan fingerprint density at radius 1 is 0.510 bits per heavy atom. The quantitative estimate of drug-likeness (QED) is 0.219. The largest absolute Gasteiger partial charge is 2.00 e. The molecule has 0 saturated carbocycles. The van der Waals surface area contributed by atoms with E-state index < -0.39 is 11.9 Å². The van der Waals surface area contributed by atoms with Crippen molar-refractivity contribution in [2.45, 2.75) is 54.4 Å². The van der Waals surface area contributed by atoms with E-state index in [4.69, 9.17) is 0 Å². The molecular weight excluding hydrogens is 699 g/mol. The van der Waals surface area contributed by atoms with Crippen molar-refractivity contribution in [3.63, 3.8) is 0 Å². The molecule has 0 aliphatic rings. The van der Waals surface area contributed by atoms with Crippen LogP contribution >= 0.6 is 0 Å². The molecule has 0 atom stereocenters. The Labute approximate surface area is 311 Å². The van der Waals surface area contributed by atoms with Crippen molar-refractivity contribution in [3.05, 3.63) is 131 Å². The van der Waals surface area contributed by atoms with Gasteiger partial charge in [-0.15, -0.1) is 0 Å². The van der Waals surface area contributed by atoms with Gasteiger partial charge in [-0.3, -0.25) is 19.6 Å². The van der Waals surface area contributed by atoms with Crippen LogP contribution in [0.15, 0.2) is 97.6 Å². The zero-order valence-corrected chi connectivity index (χ0v) is 31.2. The molecule has 13 heteroatoms. The van der Waals surface area contributed by atoms with Gasteiger partial charge in [0.1, 0.15) is 0 Å². The number of carbonyl (C=O) groups excluding carboxylic acids is 4. The zero-order valence-electron chi connectivity index (χ0n) is 30.2. The van der Waals surface area contributed by atoms with Gasteiger partial charge in [-0.1, -0.05) is 62.4 Å². The van der Waals surface area contributed by atoms with Crippen molar-refractivity contribution in [2.75, 3.05) is 26.2 Å². The number of pyridine rings is 2. The molecule has 2 heterocycles. The van der Waals surface area contributed by atoms with Gasteiger partial charge >= 0.3 is 16.8 Å². The third-order valence-electron chi connectivity index (χ3n) is 7.11. The van der Waals surface area contributed by atoms with Crippen LogP contribution in [0, 0.1) is 0 Å². The SMILES string of the molecule is CCN(CC)C(=O)c1cccnc1.CCN(CC)C(=O)c1cccnc1.CCc1ccc(C(=O)[O-])cc1.CCc1ccc(C(=O)[O-])cc1.[Co+2].[OH3+].[OH3+]. The molecule has 2 amide bonds. The van der Waals surface area contributed by atoms with Crippen LogP contribution in [0.3, 0.4) is 0 Å². The maximum atomic E-state index is 11.7. The molecule has 0 bridgehead atoms. The average molecular weight is 752 g/mol. The van der Waals surface area contributed by atoms with Gasteiger partial charge in [0.15, 0.2) is 0 Å². The molecule has 4 aromatic rings. The minimum absolute atomic E-state index is 0. The molecule has 0 fully saturated rings. The van der Waals surface area contributed by atoms with Crippen LogP contribution in [0.25, 0.3) is 0 Å². The third-order valence-corrected chi connectivity index (χ3v) is 7.11. The molecule has 0 aliphatic carbocycles. The first-order chi connectivity index (χ1) is 23.1. The van der Waals surface area contributed by atoms with Crippen LogP contribution in [-0.2, 0) is 40.6 Å². The molecule has 0 spiro atoms. The number of aryl methyl sites for hydroxylation is 2. The Bertz CT molecular complexity index is 1400. The van der Waals surface area contributed by atoms with Gasteiger partial charge in [0.25, 0.3) is 11.8 Å². The van der Waals surface area contributed by atoms with E-state index in [0.29, 0.717) is 11.1 Å². The summed E-state index contributed by atoms with van der Waals surface area (Å²) in [5.74, 6) is -2.13. The molecular formula is C38H52CoN4O8+2. The van der Waals surface area contributed by atoms with E-state index in [9.17, 15) is 29.4 Å². The minimum atomic E-state index is -1.12. The number of carboxylic acids is 2. The van der Waals surface area contributed by atoms with Crippen LogP contribution in [0.5, 0.6) is 0 Å². The fourth-order valence-corrected chi connectivity index (χ4v) is 4.12. The van der Waals surface area contributed by atoms with E-state index >= 15 is 0 Å². The summed E-state index contributed by atoms with van der Waals surface area (Å²) in [7, 11) is 0. The molecule has 0 aliphatic heterocycles. The van der Waals surface area contributed by atoms with Gasteiger partial charge in [-0.2, -0.15) is 0 Å². The summed E-state index contributed by atoms with van der Waals surface area (Å²) >= 11 is 0. The van der Waals surface area contributed by atoms with Crippen LogP contribution in [0.4, 0.5) is 0 Å². The number of hydrogen-bond donors (Lipinski definition) is 0. The Balaban J connectivity index is -0.000000592. The maximum absolute atomic E-state index is 11.7. The average Bonchev–Trinajstić information content (AvgIpc) is 3.14. The topological polar surface area (TPSA) is 213 Å². The van der Waals surface area contributed by atoms with Gasteiger partial charge in [0.2, 0.25) is 0 Å². The van der Waals surface area contributed by atoms with E-state index in [0.717, 1.165) is 50.1 Å². The fraction of sp³-hybridized carbons (Fsp3) is 0.316. The van der Waals surface area contributed by atoms with Crippen molar-refractivity contribution >= 4 is 23.8 Å². The summed E-state index contributed by atoms with van der Waals surface area (Å²) < 4.78 is 0. The predicted molar refractivity (Wildman–Crippen MR) is 193 cm³/mol. The smallest absolute Gasteiger partial charge is 0.545 e. The predicted octanol–water partition coefficient (Wildman–Crippen LogP) is 2.51. The first-order valence-corrected chi connectivity index (χ1v) is 16.1. The molecule has 279 valence electrons. The monoisotopic (exact) mass is 751 g/mol. The number of carbonyl (C=O) groups is 4. The van der Waals surface area contributed by atoms with E-state index in [1.54, 1.807) is 107 Å². The molecule has 12 nitrogen and oxygen atoms in total. The number of aromatic carboxylic acids is 2. The molecule has 2 aromatic heterocycles. The molecule has 0 unspecified atom stereocenters. The van der Waals surface area contributed by atoms with E-state index in [2.05, 4.69) is 9.97 Å². The van der Waals surface area contributed by atoms with Crippen molar-refractivity contribution < 1.29 is 57.1 Å². The Morgan fingerprint density at radius 3 is 1.00 bits per heavy atom. The molecule has 0 saturated heterocycles. The van der Waals surface area contributed by atoms with Gasteiger partial charge in [0, 0.05) is 51.0 Å². The van der Waals surface area contributed by atoms with Crippen molar-refractivity contribution in [2.24, 2.45) is 0 Å². The number of benzene rings is 2. The van der Waals surface area contributed by atoms with Crippen molar-refractivity contribution in [1.29, 1.82) is 0 Å². The normalized spacial score (nSPS) is 9.06.